The monoisotopic (exact) mass is 492 g/mol. The van der Waals surface area contributed by atoms with Crippen molar-refractivity contribution < 1.29 is 36.9 Å². The number of nitrogens with one attached hydrogen (secondary N) is 1. The topological polar surface area (TPSA) is 80.7 Å². The zero-order valence-electron chi connectivity index (χ0n) is 19.5. The van der Waals surface area contributed by atoms with E-state index in [0.29, 0.717) is 10.9 Å². The number of benzene rings is 2. The molecule has 1 heterocycles. The van der Waals surface area contributed by atoms with Crippen LogP contribution in [0.3, 0.4) is 0 Å². The van der Waals surface area contributed by atoms with Gasteiger partial charge >= 0.3 is 12.1 Å². The Kier molecular flexibility index (Phi) is 5.91. The number of alkyl halides is 3. The molecule has 1 aliphatic carbocycles. The van der Waals surface area contributed by atoms with Crippen LogP contribution in [0.15, 0.2) is 42.5 Å². The van der Waals surface area contributed by atoms with Crippen molar-refractivity contribution in [2.45, 2.75) is 43.5 Å². The number of esters is 1. The van der Waals surface area contributed by atoms with Gasteiger partial charge in [0, 0.05) is 16.6 Å². The summed E-state index contributed by atoms with van der Waals surface area (Å²) in [5.74, 6) is -1.53. The van der Waals surface area contributed by atoms with E-state index in [-0.39, 0.29) is 28.3 Å². The van der Waals surface area contributed by atoms with Gasteiger partial charge in [-0.25, -0.2) is 14.2 Å². The number of aromatic nitrogens is 1. The summed E-state index contributed by atoms with van der Waals surface area (Å²) in [7, 11) is 2.46. The van der Waals surface area contributed by atoms with Gasteiger partial charge < -0.3 is 19.9 Å². The van der Waals surface area contributed by atoms with Gasteiger partial charge in [0.15, 0.2) is 17.2 Å². The van der Waals surface area contributed by atoms with Crippen molar-refractivity contribution in [1.29, 1.82) is 0 Å². The van der Waals surface area contributed by atoms with E-state index in [1.54, 1.807) is 18.2 Å². The molecule has 35 heavy (non-hydrogen) atoms. The van der Waals surface area contributed by atoms with Gasteiger partial charge in [-0.05, 0) is 47.7 Å². The maximum atomic E-state index is 14.6. The maximum Gasteiger partial charge on any atom is 0.419 e. The molecular formula is C25H24F4N2O4. The van der Waals surface area contributed by atoms with Crippen LogP contribution in [0.25, 0.3) is 10.9 Å². The molecule has 0 saturated carbocycles. The molecule has 4 rings (SSSR count). The molecule has 0 amide bonds. The number of halogens is 4. The molecule has 1 aromatic heterocycles. The van der Waals surface area contributed by atoms with Crippen molar-refractivity contribution in [2.24, 2.45) is 0 Å². The van der Waals surface area contributed by atoms with E-state index in [1.165, 1.54) is 46.3 Å². The van der Waals surface area contributed by atoms with E-state index in [2.05, 4.69) is 15.0 Å². The number of fused-ring (bicyclic) bond motifs is 2. The molecule has 2 atom stereocenters. The first kappa shape index (κ1) is 24.7. The molecule has 0 saturated heterocycles. The third kappa shape index (κ3) is 3.95. The number of hydrogen-bond acceptors (Lipinski definition) is 6. The molecule has 0 spiro atoms. The predicted octanol–water partition coefficient (Wildman–Crippen LogP) is 5.30. The molecule has 2 aromatic carbocycles. The quantitative estimate of drug-likeness (QED) is 0.380. The first-order valence-electron chi connectivity index (χ1n) is 10.7. The third-order valence-electron chi connectivity index (χ3n) is 6.44. The minimum atomic E-state index is -5.01. The Morgan fingerprint density at radius 3 is 2.49 bits per heavy atom. The summed E-state index contributed by atoms with van der Waals surface area (Å²) in [5.41, 5.74) is -3.52. The van der Waals surface area contributed by atoms with Gasteiger partial charge in [0.1, 0.15) is 5.69 Å². The van der Waals surface area contributed by atoms with E-state index >= 15 is 0 Å². The van der Waals surface area contributed by atoms with Crippen molar-refractivity contribution in [1.82, 2.24) is 4.98 Å². The highest BCUT2D eigenvalue weighted by atomic mass is 19.4. The Labute approximate surface area is 198 Å². The number of ether oxygens (including phenoxy) is 2. The van der Waals surface area contributed by atoms with Crippen LogP contribution in [0.4, 0.5) is 23.2 Å². The van der Waals surface area contributed by atoms with Crippen LogP contribution in [0.1, 0.15) is 47.9 Å². The Bertz CT molecular complexity index is 1310. The molecule has 6 nitrogen and oxygen atoms in total. The van der Waals surface area contributed by atoms with E-state index < -0.39 is 41.4 Å². The number of carbonyl (C=O) groups is 1. The zero-order chi connectivity index (χ0) is 25.8. The lowest BCUT2D eigenvalue weighted by molar-refractivity contribution is -0.275. The molecule has 2 N–H and O–H groups in total. The SMILES string of the molecule is COC(=O)c1ccc2c(NC3c4ccc(F)c(OC)c4C(C)(C)CC3(O)C(F)(F)F)cccc2n1. The molecule has 186 valence electrons. The smallest absolute Gasteiger partial charge is 0.419 e. The lowest BCUT2D eigenvalue weighted by Gasteiger charge is -2.49. The minimum Gasteiger partial charge on any atom is -0.493 e. The number of anilines is 1. The molecular weight excluding hydrogens is 468 g/mol. The second-order valence-corrected chi connectivity index (χ2v) is 9.17. The zero-order valence-corrected chi connectivity index (χ0v) is 19.5. The summed E-state index contributed by atoms with van der Waals surface area (Å²) in [5, 5.41) is 14.4. The Hall–Kier alpha value is -3.40. The van der Waals surface area contributed by atoms with Crippen LogP contribution >= 0.6 is 0 Å². The minimum absolute atomic E-state index is 0.0360. The number of aliphatic hydroxyl groups is 1. The summed E-state index contributed by atoms with van der Waals surface area (Å²) in [6, 6.07) is 8.20. The van der Waals surface area contributed by atoms with Crippen LogP contribution in [0.2, 0.25) is 0 Å². The van der Waals surface area contributed by atoms with Crippen molar-refractivity contribution in [3.8, 4) is 5.75 Å². The van der Waals surface area contributed by atoms with Crippen molar-refractivity contribution in [3.63, 3.8) is 0 Å². The lowest BCUT2D eigenvalue weighted by Crippen LogP contribution is -2.58. The highest BCUT2D eigenvalue weighted by molar-refractivity contribution is 5.95. The Morgan fingerprint density at radius 1 is 1.14 bits per heavy atom. The third-order valence-corrected chi connectivity index (χ3v) is 6.44. The average Bonchev–Trinajstić information content (AvgIpc) is 2.79. The van der Waals surface area contributed by atoms with E-state index in [0.717, 1.165) is 6.07 Å². The molecule has 0 aliphatic heterocycles. The number of nitrogens with zero attached hydrogens (tertiary/aromatic N) is 1. The van der Waals surface area contributed by atoms with E-state index in [4.69, 9.17) is 4.74 Å². The highest BCUT2D eigenvalue weighted by Crippen LogP contribution is 2.56. The second kappa shape index (κ2) is 8.37. The number of methoxy groups -OCH3 is 2. The Balaban J connectivity index is 1.92. The summed E-state index contributed by atoms with van der Waals surface area (Å²) in [6.07, 6.45) is -5.74. The van der Waals surface area contributed by atoms with Gasteiger partial charge in [0.2, 0.25) is 0 Å². The predicted molar refractivity (Wildman–Crippen MR) is 121 cm³/mol. The van der Waals surface area contributed by atoms with Gasteiger partial charge in [-0.1, -0.05) is 26.0 Å². The van der Waals surface area contributed by atoms with Gasteiger partial charge in [0.05, 0.1) is 25.8 Å². The molecule has 0 bridgehead atoms. The standard InChI is InChI=1S/C25H24F4N2O4/c1-23(2)12-24(33,25(27,28)29)21(14-8-10-15(26)20(34-3)19(14)23)31-17-7-5-6-16-13(17)9-11-18(30-16)22(32)35-4/h5-11,21,31,33H,12H2,1-4H3. The summed E-state index contributed by atoms with van der Waals surface area (Å²) >= 11 is 0. The largest absolute Gasteiger partial charge is 0.493 e. The average molecular weight is 492 g/mol. The number of hydrogen-bond donors (Lipinski definition) is 2. The lowest BCUT2D eigenvalue weighted by atomic mass is 9.63. The maximum absolute atomic E-state index is 14.6. The molecule has 1 aliphatic rings. The first-order chi connectivity index (χ1) is 16.3. The highest BCUT2D eigenvalue weighted by Gasteiger charge is 2.64. The van der Waals surface area contributed by atoms with E-state index in [1.807, 2.05) is 0 Å². The van der Waals surface area contributed by atoms with Gasteiger partial charge in [-0.3, -0.25) is 0 Å². The molecule has 2 unspecified atom stereocenters. The number of pyridine rings is 1. The van der Waals surface area contributed by atoms with Crippen molar-refractivity contribution in [3.05, 3.63) is 65.1 Å². The van der Waals surface area contributed by atoms with Crippen molar-refractivity contribution >= 4 is 22.6 Å². The van der Waals surface area contributed by atoms with Gasteiger partial charge in [-0.2, -0.15) is 13.2 Å². The number of carbonyl (C=O) groups excluding carboxylic acids is 1. The fourth-order valence-electron chi connectivity index (χ4n) is 4.95. The van der Waals surface area contributed by atoms with Crippen LogP contribution in [-0.4, -0.2) is 42.1 Å². The normalized spacial score (nSPS) is 21.3. The van der Waals surface area contributed by atoms with Gasteiger partial charge in [0.25, 0.3) is 0 Å². The second-order valence-electron chi connectivity index (χ2n) is 9.17. The van der Waals surface area contributed by atoms with Crippen LogP contribution < -0.4 is 10.1 Å². The fraction of sp³-hybridized carbons (Fsp3) is 0.360. The van der Waals surface area contributed by atoms with Crippen LogP contribution in [0.5, 0.6) is 5.75 Å². The molecule has 3 aromatic rings. The number of rotatable bonds is 4. The Morgan fingerprint density at radius 2 is 1.86 bits per heavy atom. The summed E-state index contributed by atoms with van der Waals surface area (Å²) in [4.78, 5) is 16.1. The van der Waals surface area contributed by atoms with Crippen molar-refractivity contribution in [2.75, 3.05) is 19.5 Å². The molecule has 10 heteroatoms. The summed E-state index contributed by atoms with van der Waals surface area (Å²) < 4.78 is 67.7. The molecule has 0 fully saturated rings. The van der Waals surface area contributed by atoms with E-state index in [9.17, 15) is 27.5 Å². The summed E-state index contributed by atoms with van der Waals surface area (Å²) in [6.45, 7) is 3.02. The van der Waals surface area contributed by atoms with Crippen LogP contribution in [0, 0.1) is 5.82 Å². The fourth-order valence-corrected chi connectivity index (χ4v) is 4.95. The van der Waals surface area contributed by atoms with Crippen LogP contribution in [-0.2, 0) is 10.2 Å². The molecule has 0 radical (unpaired) electrons. The first-order valence-corrected chi connectivity index (χ1v) is 10.7. The van der Waals surface area contributed by atoms with Gasteiger partial charge in [-0.15, -0.1) is 0 Å².